The molecule has 0 fully saturated rings. The summed E-state index contributed by atoms with van der Waals surface area (Å²) < 4.78 is 35.8. The smallest absolute Gasteiger partial charge is 0.443 e. The second-order valence-electron chi connectivity index (χ2n) is 3.20. The van der Waals surface area contributed by atoms with Crippen molar-refractivity contribution in [3.63, 3.8) is 0 Å². The molecule has 0 aromatic heterocycles. The molecule has 0 unspecified atom stereocenters. The molecule has 0 aliphatic carbocycles. The van der Waals surface area contributed by atoms with E-state index in [4.69, 9.17) is 0 Å². The standard InChI is InChI=1S/C9H9BF3O.K/c1-7-2-4-8(5-3-7)6-9(14)10(11,12)13;/h2-5H,6H2,1H3;/q-1;+1. The molecule has 0 heterocycles. The van der Waals surface area contributed by atoms with Gasteiger partial charge in [0.05, 0.1) is 5.68 Å². The topological polar surface area (TPSA) is 17.1 Å². The molecule has 0 N–H and O–H groups in total. The average Bonchev–Trinajstić information content (AvgIpc) is 2.07. The van der Waals surface area contributed by atoms with Crippen LogP contribution in [-0.4, -0.2) is 12.7 Å². The molecule has 0 spiro atoms. The van der Waals surface area contributed by atoms with Crippen molar-refractivity contribution in [2.24, 2.45) is 0 Å². The zero-order valence-electron chi connectivity index (χ0n) is 8.64. The van der Waals surface area contributed by atoms with Gasteiger partial charge in [-0.3, -0.25) is 0 Å². The molecule has 0 atom stereocenters. The summed E-state index contributed by atoms with van der Waals surface area (Å²) in [4.78, 5) is 10.6. The van der Waals surface area contributed by atoms with E-state index in [1.807, 2.05) is 6.92 Å². The molecule has 0 aliphatic rings. The van der Waals surface area contributed by atoms with Crippen LogP contribution in [0.15, 0.2) is 24.3 Å². The van der Waals surface area contributed by atoms with Gasteiger partial charge >= 0.3 is 58.4 Å². The van der Waals surface area contributed by atoms with Crippen LogP contribution in [0.5, 0.6) is 0 Å². The molecular weight excluding hydrogens is 231 g/mol. The molecule has 1 aromatic rings. The van der Waals surface area contributed by atoms with Crippen molar-refractivity contribution < 1.29 is 69.1 Å². The van der Waals surface area contributed by atoms with Crippen LogP contribution in [0.25, 0.3) is 0 Å². The van der Waals surface area contributed by atoms with E-state index in [-0.39, 0.29) is 51.4 Å². The largest absolute Gasteiger partial charge is 1.00 e. The van der Waals surface area contributed by atoms with E-state index in [0.29, 0.717) is 5.56 Å². The third-order valence-electron chi connectivity index (χ3n) is 1.86. The fourth-order valence-corrected chi connectivity index (χ4v) is 1.02. The van der Waals surface area contributed by atoms with Crippen LogP contribution < -0.4 is 51.4 Å². The van der Waals surface area contributed by atoms with Gasteiger partial charge in [-0.2, -0.15) is 0 Å². The number of hydrogen-bond donors (Lipinski definition) is 0. The van der Waals surface area contributed by atoms with Crippen LogP contribution in [0.3, 0.4) is 0 Å². The SMILES string of the molecule is Cc1ccc(CC(=O)[B-](F)(F)F)cc1.[K+]. The first-order valence-electron chi connectivity index (χ1n) is 4.18. The van der Waals surface area contributed by atoms with E-state index in [1.165, 1.54) is 12.1 Å². The average molecular weight is 240 g/mol. The Bertz CT molecular complexity index is 334. The van der Waals surface area contributed by atoms with Crippen LogP contribution in [-0.2, 0) is 11.2 Å². The van der Waals surface area contributed by atoms with E-state index in [2.05, 4.69) is 0 Å². The van der Waals surface area contributed by atoms with Crippen molar-refractivity contribution in [2.75, 3.05) is 0 Å². The number of carbonyl (C=O) groups excluding carboxylic acids is 1. The zero-order valence-corrected chi connectivity index (χ0v) is 11.8. The summed E-state index contributed by atoms with van der Waals surface area (Å²) in [5.41, 5.74) is -0.285. The van der Waals surface area contributed by atoms with Gasteiger partial charge in [-0.05, 0) is 12.5 Å². The van der Waals surface area contributed by atoms with Crippen molar-refractivity contribution in [1.29, 1.82) is 0 Å². The Kier molecular flexibility index (Phi) is 6.36. The summed E-state index contributed by atoms with van der Waals surface area (Å²) in [5, 5.41) is 0. The van der Waals surface area contributed by atoms with Crippen LogP contribution >= 0.6 is 0 Å². The molecule has 0 saturated heterocycles. The van der Waals surface area contributed by atoms with Crippen molar-refractivity contribution in [3.8, 4) is 0 Å². The van der Waals surface area contributed by atoms with Gasteiger partial charge in [0.25, 0.3) is 0 Å². The molecule has 76 valence electrons. The molecular formula is C9H9BF3KO. The second kappa shape index (κ2) is 6.20. The summed E-state index contributed by atoms with van der Waals surface area (Å²) in [6, 6.07) is 6.45. The Hall–Kier alpha value is 0.381. The van der Waals surface area contributed by atoms with E-state index in [9.17, 15) is 17.7 Å². The summed E-state index contributed by atoms with van der Waals surface area (Å²) in [5.74, 6) is 0. The Morgan fingerprint density at radius 2 is 1.67 bits per heavy atom. The van der Waals surface area contributed by atoms with Crippen molar-refractivity contribution in [3.05, 3.63) is 35.4 Å². The molecule has 15 heavy (non-hydrogen) atoms. The number of rotatable bonds is 3. The molecule has 0 amide bonds. The predicted octanol–water partition coefficient (Wildman–Crippen LogP) is -0.503. The van der Waals surface area contributed by atoms with Gasteiger partial charge in [-0.25, -0.2) is 0 Å². The number of benzene rings is 1. The third kappa shape index (κ3) is 5.31. The summed E-state index contributed by atoms with van der Waals surface area (Å²) in [7, 11) is 0. The number of aryl methyl sites for hydroxylation is 1. The summed E-state index contributed by atoms with van der Waals surface area (Å²) in [6.45, 7) is -3.51. The minimum atomic E-state index is -5.35. The van der Waals surface area contributed by atoms with Crippen LogP contribution in [0.1, 0.15) is 11.1 Å². The maximum absolute atomic E-state index is 11.9. The molecule has 0 aliphatic heterocycles. The minimum absolute atomic E-state index is 0. The first kappa shape index (κ1) is 15.4. The van der Waals surface area contributed by atoms with Gasteiger partial charge in [0, 0.05) is 6.42 Å². The summed E-state index contributed by atoms with van der Waals surface area (Å²) >= 11 is 0. The normalized spacial score (nSPS) is 10.7. The maximum Gasteiger partial charge on any atom is 1.00 e. The summed E-state index contributed by atoms with van der Waals surface area (Å²) in [6.07, 6.45) is -0.552. The van der Waals surface area contributed by atoms with Gasteiger partial charge in [-0.15, -0.1) is 0 Å². The Morgan fingerprint density at radius 3 is 2.07 bits per heavy atom. The van der Waals surface area contributed by atoms with Gasteiger partial charge in [0.2, 0.25) is 0 Å². The van der Waals surface area contributed by atoms with Crippen molar-refractivity contribution in [2.45, 2.75) is 13.3 Å². The van der Waals surface area contributed by atoms with Crippen LogP contribution in [0.4, 0.5) is 12.9 Å². The fraction of sp³-hybridized carbons (Fsp3) is 0.222. The fourth-order valence-electron chi connectivity index (χ4n) is 1.02. The predicted molar refractivity (Wildman–Crippen MR) is 49.0 cm³/mol. The first-order chi connectivity index (χ1) is 6.39. The number of carbonyl (C=O) groups is 1. The van der Waals surface area contributed by atoms with Gasteiger partial charge in [-0.1, -0.05) is 29.8 Å². The van der Waals surface area contributed by atoms with Crippen LogP contribution in [0.2, 0.25) is 0 Å². The zero-order chi connectivity index (χ0) is 10.8. The van der Waals surface area contributed by atoms with E-state index in [1.54, 1.807) is 12.1 Å². The molecule has 1 nitrogen and oxygen atoms in total. The van der Waals surface area contributed by atoms with Crippen molar-refractivity contribution >= 4 is 12.7 Å². The number of halogens is 3. The van der Waals surface area contributed by atoms with Gasteiger partial charge < -0.3 is 17.7 Å². The van der Waals surface area contributed by atoms with Gasteiger partial charge in [0.1, 0.15) is 0 Å². The Labute approximate surface area is 129 Å². The molecule has 0 radical (unpaired) electrons. The molecule has 1 rings (SSSR count). The van der Waals surface area contributed by atoms with Crippen LogP contribution in [0, 0.1) is 6.92 Å². The van der Waals surface area contributed by atoms with E-state index >= 15 is 0 Å². The molecule has 6 heteroatoms. The third-order valence-corrected chi connectivity index (χ3v) is 1.86. The minimum Gasteiger partial charge on any atom is -0.443 e. The molecule has 0 saturated carbocycles. The maximum atomic E-state index is 11.9. The monoisotopic (exact) mass is 240 g/mol. The second-order valence-corrected chi connectivity index (χ2v) is 3.20. The Balaban J connectivity index is 0.00000196. The van der Waals surface area contributed by atoms with E-state index < -0.39 is 19.1 Å². The first-order valence-corrected chi connectivity index (χ1v) is 4.18. The van der Waals surface area contributed by atoms with Gasteiger partial charge in [0.15, 0.2) is 0 Å². The number of hydrogen-bond acceptors (Lipinski definition) is 1. The quantitative estimate of drug-likeness (QED) is 0.651. The molecule has 0 bridgehead atoms. The van der Waals surface area contributed by atoms with Crippen molar-refractivity contribution in [1.82, 2.24) is 0 Å². The van der Waals surface area contributed by atoms with E-state index in [0.717, 1.165) is 5.56 Å². The molecule has 1 aromatic carbocycles. The Morgan fingerprint density at radius 1 is 1.20 bits per heavy atom.